The standard InChI is InChI=1S/C20H27NO.ClH/c1-4-16-10-11-20(22)19(14-16)18(12-13-21-15(2)3)17-8-6-5-7-9-17;/h5-11,14-15,18,21-22H,4,12-13H2,1-3H3;1H/t18-;/m0./s1. The van der Waals surface area contributed by atoms with Crippen molar-refractivity contribution < 1.29 is 5.11 Å². The number of aromatic hydroxyl groups is 1. The van der Waals surface area contributed by atoms with E-state index in [-0.39, 0.29) is 18.3 Å². The van der Waals surface area contributed by atoms with E-state index in [1.165, 1.54) is 11.1 Å². The second-order valence-electron chi connectivity index (χ2n) is 6.11. The van der Waals surface area contributed by atoms with Crippen molar-refractivity contribution in [3.05, 3.63) is 65.2 Å². The van der Waals surface area contributed by atoms with Gasteiger partial charge in [0.25, 0.3) is 0 Å². The van der Waals surface area contributed by atoms with Gasteiger partial charge < -0.3 is 10.4 Å². The van der Waals surface area contributed by atoms with Gasteiger partial charge in [0.1, 0.15) is 5.75 Å². The predicted molar refractivity (Wildman–Crippen MR) is 101 cm³/mol. The highest BCUT2D eigenvalue weighted by atomic mass is 35.5. The summed E-state index contributed by atoms with van der Waals surface area (Å²) in [7, 11) is 0. The van der Waals surface area contributed by atoms with E-state index in [1.807, 2.05) is 18.2 Å². The molecule has 0 spiro atoms. The summed E-state index contributed by atoms with van der Waals surface area (Å²) < 4.78 is 0. The first-order chi connectivity index (χ1) is 10.6. The van der Waals surface area contributed by atoms with Gasteiger partial charge in [-0.2, -0.15) is 0 Å². The summed E-state index contributed by atoms with van der Waals surface area (Å²) in [5.41, 5.74) is 3.57. The van der Waals surface area contributed by atoms with Crippen LogP contribution in [0.25, 0.3) is 0 Å². The van der Waals surface area contributed by atoms with Crippen LogP contribution in [-0.2, 0) is 6.42 Å². The van der Waals surface area contributed by atoms with E-state index >= 15 is 0 Å². The van der Waals surface area contributed by atoms with Crippen LogP contribution < -0.4 is 5.32 Å². The zero-order valence-electron chi connectivity index (χ0n) is 14.3. The molecule has 0 amide bonds. The third-order valence-electron chi connectivity index (χ3n) is 4.06. The van der Waals surface area contributed by atoms with Crippen molar-refractivity contribution in [3.8, 4) is 5.75 Å². The Morgan fingerprint density at radius 2 is 1.74 bits per heavy atom. The van der Waals surface area contributed by atoms with Gasteiger partial charge in [0.05, 0.1) is 0 Å². The summed E-state index contributed by atoms with van der Waals surface area (Å²) in [5, 5.41) is 13.8. The lowest BCUT2D eigenvalue weighted by atomic mass is 9.86. The van der Waals surface area contributed by atoms with Gasteiger partial charge in [0.15, 0.2) is 0 Å². The summed E-state index contributed by atoms with van der Waals surface area (Å²) in [6, 6.07) is 16.9. The average molecular weight is 334 g/mol. The lowest BCUT2D eigenvalue weighted by Crippen LogP contribution is -2.25. The maximum absolute atomic E-state index is 10.4. The van der Waals surface area contributed by atoms with Gasteiger partial charge in [-0.05, 0) is 36.6 Å². The van der Waals surface area contributed by atoms with Crippen molar-refractivity contribution in [2.24, 2.45) is 0 Å². The molecule has 0 unspecified atom stereocenters. The van der Waals surface area contributed by atoms with Crippen LogP contribution in [-0.4, -0.2) is 17.7 Å². The lowest BCUT2D eigenvalue weighted by Gasteiger charge is -2.21. The number of phenols is 1. The van der Waals surface area contributed by atoms with Crippen LogP contribution in [0.1, 0.15) is 49.8 Å². The van der Waals surface area contributed by atoms with Crippen LogP contribution in [0.3, 0.4) is 0 Å². The van der Waals surface area contributed by atoms with E-state index in [4.69, 9.17) is 0 Å². The molecular weight excluding hydrogens is 306 g/mol. The Bertz CT molecular complexity index is 583. The highest BCUT2D eigenvalue weighted by Crippen LogP contribution is 2.34. The fourth-order valence-corrected chi connectivity index (χ4v) is 2.81. The second kappa shape index (κ2) is 9.59. The van der Waals surface area contributed by atoms with Crippen molar-refractivity contribution in [2.75, 3.05) is 6.54 Å². The Morgan fingerprint density at radius 3 is 2.35 bits per heavy atom. The highest BCUT2D eigenvalue weighted by Gasteiger charge is 2.18. The topological polar surface area (TPSA) is 32.3 Å². The van der Waals surface area contributed by atoms with Crippen molar-refractivity contribution >= 4 is 12.4 Å². The molecule has 2 N–H and O–H groups in total. The molecule has 2 aromatic rings. The third kappa shape index (κ3) is 5.56. The minimum atomic E-state index is 0. The first-order valence-corrected chi connectivity index (χ1v) is 8.22. The molecule has 0 heterocycles. The van der Waals surface area contributed by atoms with Crippen molar-refractivity contribution in [3.63, 3.8) is 0 Å². The molecule has 23 heavy (non-hydrogen) atoms. The Kier molecular flexibility index (Phi) is 8.15. The number of benzene rings is 2. The summed E-state index contributed by atoms with van der Waals surface area (Å²) in [4.78, 5) is 0. The molecule has 0 aliphatic carbocycles. The number of hydrogen-bond donors (Lipinski definition) is 2. The van der Waals surface area contributed by atoms with E-state index < -0.39 is 0 Å². The average Bonchev–Trinajstić information content (AvgIpc) is 2.53. The van der Waals surface area contributed by atoms with Gasteiger partial charge in [0.2, 0.25) is 0 Å². The SMILES string of the molecule is CCc1ccc(O)c([C@@H](CCNC(C)C)c2ccccc2)c1.Cl. The molecule has 2 nitrogen and oxygen atoms in total. The molecule has 0 saturated heterocycles. The molecule has 0 aliphatic heterocycles. The zero-order chi connectivity index (χ0) is 15.9. The molecule has 0 bridgehead atoms. The second-order valence-corrected chi connectivity index (χ2v) is 6.11. The first kappa shape index (κ1) is 19.5. The van der Waals surface area contributed by atoms with Gasteiger partial charge in [-0.3, -0.25) is 0 Å². The maximum Gasteiger partial charge on any atom is 0.119 e. The highest BCUT2D eigenvalue weighted by molar-refractivity contribution is 5.85. The molecule has 0 radical (unpaired) electrons. The van der Waals surface area contributed by atoms with E-state index in [9.17, 15) is 5.11 Å². The van der Waals surface area contributed by atoms with Gasteiger partial charge in [0, 0.05) is 17.5 Å². The number of phenolic OH excluding ortho intramolecular Hbond substituents is 1. The number of nitrogens with one attached hydrogen (secondary N) is 1. The normalized spacial score (nSPS) is 12.0. The van der Waals surface area contributed by atoms with Gasteiger partial charge >= 0.3 is 0 Å². The van der Waals surface area contributed by atoms with E-state index in [0.717, 1.165) is 24.9 Å². The molecule has 0 aliphatic rings. The molecule has 126 valence electrons. The molecule has 2 aromatic carbocycles. The molecule has 0 saturated carbocycles. The number of aryl methyl sites for hydroxylation is 1. The molecule has 3 heteroatoms. The van der Waals surface area contributed by atoms with Crippen molar-refractivity contribution in [1.82, 2.24) is 5.32 Å². The van der Waals surface area contributed by atoms with Crippen molar-refractivity contribution in [2.45, 2.75) is 45.6 Å². The third-order valence-corrected chi connectivity index (χ3v) is 4.06. The Hall–Kier alpha value is -1.51. The molecule has 1 atom stereocenters. The molecular formula is C20H28ClNO. The van der Waals surface area contributed by atoms with Crippen LogP contribution in [0.5, 0.6) is 5.75 Å². The number of halogens is 1. The Labute approximate surface area is 146 Å². The van der Waals surface area contributed by atoms with Gasteiger partial charge in [-0.25, -0.2) is 0 Å². The van der Waals surface area contributed by atoms with Crippen LogP contribution in [0, 0.1) is 0 Å². The minimum absolute atomic E-state index is 0. The summed E-state index contributed by atoms with van der Waals surface area (Å²) >= 11 is 0. The fourth-order valence-electron chi connectivity index (χ4n) is 2.81. The maximum atomic E-state index is 10.4. The monoisotopic (exact) mass is 333 g/mol. The van der Waals surface area contributed by atoms with Gasteiger partial charge in [-0.15, -0.1) is 12.4 Å². The number of rotatable bonds is 7. The fraction of sp³-hybridized carbons (Fsp3) is 0.400. The van der Waals surface area contributed by atoms with E-state index in [0.29, 0.717) is 11.8 Å². The molecule has 0 aromatic heterocycles. The van der Waals surface area contributed by atoms with Crippen molar-refractivity contribution in [1.29, 1.82) is 0 Å². The predicted octanol–water partition coefficient (Wildman–Crippen LogP) is 4.90. The Morgan fingerprint density at radius 1 is 1.04 bits per heavy atom. The summed E-state index contributed by atoms with van der Waals surface area (Å²) in [6.45, 7) is 7.40. The Balaban J connectivity index is 0.00000264. The van der Waals surface area contributed by atoms with Crippen LogP contribution in [0.15, 0.2) is 48.5 Å². The smallest absolute Gasteiger partial charge is 0.119 e. The van der Waals surface area contributed by atoms with E-state index in [1.54, 1.807) is 0 Å². The summed E-state index contributed by atoms with van der Waals surface area (Å²) in [5.74, 6) is 0.620. The molecule has 2 rings (SSSR count). The van der Waals surface area contributed by atoms with E-state index in [2.05, 4.69) is 56.4 Å². The quantitative estimate of drug-likeness (QED) is 0.755. The van der Waals surface area contributed by atoms with Crippen LogP contribution >= 0.6 is 12.4 Å². The first-order valence-electron chi connectivity index (χ1n) is 8.22. The number of hydrogen-bond acceptors (Lipinski definition) is 2. The lowest BCUT2D eigenvalue weighted by molar-refractivity contribution is 0.459. The minimum Gasteiger partial charge on any atom is -0.508 e. The largest absolute Gasteiger partial charge is 0.508 e. The zero-order valence-corrected chi connectivity index (χ0v) is 15.1. The molecule has 0 fully saturated rings. The van der Waals surface area contributed by atoms with Crippen LogP contribution in [0.4, 0.5) is 0 Å². The van der Waals surface area contributed by atoms with Gasteiger partial charge in [-0.1, -0.05) is 63.2 Å². The van der Waals surface area contributed by atoms with Crippen LogP contribution in [0.2, 0.25) is 0 Å². The summed E-state index contributed by atoms with van der Waals surface area (Å²) in [6.07, 6.45) is 1.96.